The van der Waals surface area contributed by atoms with Crippen LogP contribution in [0.2, 0.25) is 0 Å². The number of nitrogens with one attached hydrogen (secondary N) is 1. The summed E-state index contributed by atoms with van der Waals surface area (Å²) in [5.41, 5.74) is 2.40. The van der Waals surface area contributed by atoms with Gasteiger partial charge in [0.1, 0.15) is 0 Å². The van der Waals surface area contributed by atoms with Crippen LogP contribution < -0.4 is 5.32 Å². The molecule has 2 aromatic rings. The quantitative estimate of drug-likeness (QED) is 0.812. The van der Waals surface area contributed by atoms with E-state index in [1.54, 1.807) is 23.1 Å². The van der Waals surface area contributed by atoms with E-state index in [0.717, 1.165) is 21.1 Å². The van der Waals surface area contributed by atoms with Gasteiger partial charge in [-0.05, 0) is 44.2 Å². The van der Waals surface area contributed by atoms with E-state index in [0.29, 0.717) is 6.04 Å². The third kappa shape index (κ3) is 4.05. The van der Waals surface area contributed by atoms with E-state index in [-0.39, 0.29) is 0 Å². The molecule has 19 heavy (non-hydrogen) atoms. The van der Waals surface area contributed by atoms with Crippen molar-refractivity contribution in [3.63, 3.8) is 0 Å². The van der Waals surface area contributed by atoms with Crippen LogP contribution in [0.1, 0.15) is 31.1 Å². The Labute approximate surface area is 131 Å². The van der Waals surface area contributed by atoms with Crippen LogP contribution in [0, 0.1) is 6.92 Å². The van der Waals surface area contributed by atoms with E-state index in [1.807, 2.05) is 6.92 Å². The molecule has 1 atom stereocenters. The number of aromatic nitrogens is 1. The lowest BCUT2D eigenvalue weighted by atomic mass is 10.1. The highest BCUT2D eigenvalue weighted by Gasteiger charge is 2.12. The van der Waals surface area contributed by atoms with Crippen LogP contribution in [0.15, 0.2) is 37.3 Å². The van der Waals surface area contributed by atoms with E-state index in [4.69, 9.17) is 0 Å². The van der Waals surface area contributed by atoms with Crippen molar-refractivity contribution in [1.29, 1.82) is 0 Å². The predicted molar refractivity (Wildman–Crippen MR) is 87.2 cm³/mol. The first-order valence-electron chi connectivity index (χ1n) is 6.23. The molecule has 0 bridgehead atoms. The summed E-state index contributed by atoms with van der Waals surface area (Å²) < 4.78 is 2.22. The fourth-order valence-electron chi connectivity index (χ4n) is 1.84. The number of hydrogen-bond acceptors (Lipinski definition) is 4. The van der Waals surface area contributed by atoms with Gasteiger partial charge in [-0.2, -0.15) is 0 Å². The summed E-state index contributed by atoms with van der Waals surface area (Å²) in [4.78, 5) is 5.79. The molecule has 1 heterocycles. The van der Waals surface area contributed by atoms with Crippen LogP contribution in [0.3, 0.4) is 0 Å². The van der Waals surface area contributed by atoms with Crippen molar-refractivity contribution in [2.75, 3.05) is 6.54 Å². The van der Waals surface area contributed by atoms with Crippen LogP contribution in [0.25, 0.3) is 0 Å². The molecule has 1 aromatic carbocycles. The molecule has 2 rings (SSSR count). The van der Waals surface area contributed by atoms with Crippen molar-refractivity contribution in [1.82, 2.24) is 10.3 Å². The molecule has 0 fully saturated rings. The lowest BCUT2D eigenvalue weighted by Crippen LogP contribution is -2.18. The van der Waals surface area contributed by atoms with Crippen molar-refractivity contribution in [3.8, 4) is 0 Å². The number of hydrogen-bond donors (Lipinski definition) is 1. The molecule has 0 saturated carbocycles. The molecular formula is C14H17BrN2S2. The van der Waals surface area contributed by atoms with Gasteiger partial charge in [0.25, 0.3) is 0 Å². The molecule has 0 aliphatic carbocycles. The first kappa shape index (κ1) is 15.0. The lowest BCUT2D eigenvalue weighted by Gasteiger charge is -2.16. The lowest BCUT2D eigenvalue weighted by molar-refractivity contribution is 0.589. The number of thiazole rings is 1. The van der Waals surface area contributed by atoms with E-state index < -0.39 is 0 Å². The molecule has 1 aromatic heterocycles. The number of aryl methyl sites for hydroxylation is 1. The minimum Gasteiger partial charge on any atom is -0.310 e. The Bertz CT molecular complexity index is 554. The van der Waals surface area contributed by atoms with Gasteiger partial charge in [-0.15, -0.1) is 11.3 Å². The minimum atomic E-state index is 0.339. The first-order valence-corrected chi connectivity index (χ1v) is 8.72. The highest BCUT2D eigenvalue weighted by atomic mass is 79.9. The highest BCUT2D eigenvalue weighted by molar-refractivity contribution is 9.10. The molecule has 0 aliphatic heterocycles. The van der Waals surface area contributed by atoms with Crippen molar-refractivity contribution in [2.24, 2.45) is 0 Å². The van der Waals surface area contributed by atoms with Gasteiger partial charge in [-0.25, -0.2) is 4.98 Å². The second-order valence-electron chi connectivity index (χ2n) is 4.32. The molecule has 0 spiro atoms. The van der Waals surface area contributed by atoms with Crippen LogP contribution in [-0.4, -0.2) is 11.5 Å². The fourth-order valence-corrected chi connectivity index (χ4v) is 4.21. The molecule has 0 radical (unpaired) electrons. The number of halogens is 1. The Morgan fingerprint density at radius 1 is 1.47 bits per heavy atom. The summed E-state index contributed by atoms with van der Waals surface area (Å²) in [5.74, 6) is 0. The summed E-state index contributed by atoms with van der Waals surface area (Å²) in [6.07, 6.45) is 0. The Kier molecular flexibility index (Phi) is 5.45. The third-order valence-electron chi connectivity index (χ3n) is 2.74. The van der Waals surface area contributed by atoms with Crippen molar-refractivity contribution < 1.29 is 0 Å². The van der Waals surface area contributed by atoms with E-state index >= 15 is 0 Å². The van der Waals surface area contributed by atoms with Gasteiger partial charge in [-0.3, -0.25) is 0 Å². The molecular weight excluding hydrogens is 340 g/mol. The average molecular weight is 357 g/mol. The zero-order chi connectivity index (χ0) is 13.8. The third-order valence-corrected chi connectivity index (χ3v) is 5.39. The first-order chi connectivity index (χ1) is 9.10. The van der Waals surface area contributed by atoms with Gasteiger partial charge in [0, 0.05) is 26.5 Å². The standard InChI is InChI=1S/C14H17BrN2S2/c1-4-16-10(3)12-7-11(15)5-6-13(12)19-14-17-9(2)8-18-14/h5-8,10,16H,4H2,1-3H3. The molecule has 0 saturated heterocycles. The van der Waals surface area contributed by atoms with Gasteiger partial charge in [0.05, 0.1) is 0 Å². The Morgan fingerprint density at radius 3 is 2.89 bits per heavy atom. The molecule has 5 heteroatoms. The van der Waals surface area contributed by atoms with Gasteiger partial charge >= 0.3 is 0 Å². The average Bonchev–Trinajstić information content (AvgIpc) is 2.77. The maximum atomic E-state index is 4.52. The van der Waals surface area contributed by atoms with Crippen LogP contribution in [0.4, 0.5) is 0 Å². The second-order valence-corrected chi connectivity index (χ2v) is 7.38. The molecule has 1 unspecified atom stereocenters. The monoisotopic (exact) mass is 356 g/mol. The topological polar surface area (TPSA) is 24.9 Å². The van der Waals surface area contributed by atoms with Crippen LogP contribution in [-0.2, 0) is 0 Å². The zero-order valence-electron chi connectivity index (χ0n) is 11.2. The van der Waals surface area contributed by atoms with Crippen molar-refractivity contribution in [3.05, 3.63) is 39.3 Å². The smallest absolute Gasteiger partial charge is 0.154 e. The van der Waals surface area contributed by atoms with Crippen LogP contribution >= 0.6 is 39.0 Å². The molecule has 0 amide bonds. The second kappa shape index (κ2) is 6.88. The summed E-state index contributed by atoms with van der Waals surface area (Å²) >= 11 is 7.00. The summed E-state index contributed by atoms with van der Waals surface area (Å²) in [5, 5.41) is 5.56. The summed E-state index contributed by atoms with van der Waals surface area (Å²) in [6, 6.07) is 6.78. The molecule has 1 N–H and O–H groups in total. The molecule has 0 aliphatic rings. The van der Waals surface area contributed by atoms with Crippen molar-refractivity contribution in [2.45, 2.75) is 36.0 Å². The molecule has 102 valence electrons. The minimum absolute atomic E-state index is 0.339. The van der Waals surface area contributed by atoms with Gasteiger partial charge in [0.15, 0.2) is 4.34 Å². The summed E-state index contributed by atoms with van der Waals surface area (Å²) in [7, 11) is 0. The van der Waals surface area contributed by atoms with E-state index in [2.05, 4.69) is 63.7 Å². The maximum absolute atomic E-state index is 4.52. The Morgan fingerprint density at radius 2 is 2.26 bits per heavy atom. The van der Waals surface area contributed by atoms with Crippen LogP contribution in [0.5, 0.6) is 0 Å². The summed E-state index contributed by atoms with van der Waals surface area (Å²) in [6.45, 7) is 7.33. The Hall–Kier alpha value is -0.360. The van der Waals surface area contributed by atoms with Gasteiger partial charge < -0.3 is 5.32 Å². The van der Waals surface area contributed by atoms with Crippen molar-refractivity contribution >= 4 is 39.0 Å². The number of benzene rings is 1. The van der Waals surface area contributed by atoms with Gasteiger partial charge in [0.2, 0.25) is 0 Å². The largest absolute Gasteiger partial charge is 0.310 e. The van der Waals surface area contributed by atoms with Gasteiger partial charge in [-0.1, -0.05) is 34.6 Å². The maximum Gasteiger partial charge on any atom is 0.154 e. The molecule has 2 nitrogen and oxygen atoms in total. The van der Waals surface area contributed by atoms with E-state index in [9.17, 15) is 0 Å². The zero-order valence-corrected chi connectivity index (χ0v) is 14.5. The van der Waals surface area contributed by atoms with E-state index in [1.165, 1.54) is 10.5 Å². The number of nitrogens with zero attached hydrogens (tertiary/aromatic N) is 1. The Balaban J connectivity index is 2.28. The fraction of sp³-hybridized carbons (Fsp3) is 0.357. The SMILES string of the molecule is CCNC(C)c1cc(Br)ccc1Sc1nc(C)cs1. The number of rotatable bonds is 5. The highest BCUT2D eigenvalue weighted by Crippen LogP contribution is 2.36. The predicted octanol–water partition coefficient (Wildman–Crippen LogP) is 5.04. The normalized spacial score (nSPS) is 12.6.